The van der Waals surface area contributed by atoms with E-state index in [1.807, 2.05) is 12.1 Å². The Morgan fingerprint density at radius 2 is 2.19 bits per heavy atom. The Labute approximate surface area is 159 Å². The van der Waals surface area contributed by atoms with E-state index < -0.39 is 11.9 Å². The summed E-state index contributed by atoms with van der Waals surface area (Å²) in [4.78, 5) is 41.1. The summed E-state index contributed by atoms with van der Waals surface area (Å²) in [5.74, 6) is -1.23. The van der Waals surface area contributed by atoms with Crippen molar-refractivity contribution in [3.05, 3.63) is 40.3 Å². The maximum Gasteiger partial charge on any atom is 0.355 e. The van der Waals surface area contributed by atoms with Gasteiger partial charge in [-0.05, 0) is 12.1 Å². The highest BCUT2D eigenvalue weighted by atomic mass is 32.1. The SMILES string of the molecule is COc1ccccc1N1CC(C(=O)NCCc2nc(C(=O)O)cs2)CC1=O. The molecule has 1 aromatic heterocycles. The third-order valence-corrected chi connectivity index (χ3v) is 5.19. The molecule has 3 rings (SSSR count). The number of thiazole rings is 1. The second-order valence-corrected chi connectivity index (χ2v) is 6.99. The molecule has 2 N–H and O–H groups in total. The number of benzene rings is 1. The number of aromatic carboxylic acids is 1. The lowest BCUT2D eigenvalue weighted by molar-refractivity contribution is -0.126. The maximum atomic E-state index is 12.4. The molecule has 0 aliphatic carbocycles. The van der Waals surface area contributed by atoms with Gasteiger partial charge in [-0.25, -0.2) is 9.78 Å². The predicted molar refractivity (Wildman–Crippen MR) is 99.2 cm³/mol. The Balaban J connectivity index is 1.55. The van der Waals surface area contributed by atoms with Gasteiger partial charge in [0.1, 0.15) is 5.75 Å². The largest absolute Gasteiger partial charge is 0.495 e. The number of para-hydroxylation sites is 2. The number of carbonyl (C=O) groups excluding carboxylic acids is 2. The molecule has 1 saturated heterocycles. The normalized spacial score (nSPS) is 16.4. The Bertz CT molecular complexity index is 866. The summed E-state index contributed by atoms with van der Waals surface area (Å²) in [6, 6.07) is 7.20. The standard InChI is InChI=1S/C18H19N3O5S/c1-26-14-5-3-2-4-13(14)21-9-11(8-16(21)22)17(23)19-7-6-15-20-12(10-27-15)18(24)25/h2-5,10-11H,6-9H2,1H3,(H,19,23)(H,24,25). The fourth-order valence-corrected chi connectivity index (χ4v) is 3.70. The van der Waals surface area contributed by atoms with Crippen LogP contribution in [0.1, 0.15) is 21.9 Å². The van der Waals surface area contributed by atoms with E-state index in [0.717, 1.165) is 0 Å². The first-order valence-corrected chi connectivity index (χ1v) is 9.26. The molecule has 1 atom stereocenters. The third kappa shape index (κ3) is 4.25. The lowest BCUT2D eigenvalue weighted by Crippen LogP contribution is -2.34. The minimum atomic E-state index is -1.07. The first-order valence-electron chi connectivity index (χ1n) is 8.38. The predicted octanol–water partition coefficient (Wildman–Crippen LogP) is 1.56. The summed E-state index contributed by atoms with van der Waals surface area (Å²) < 4.78 is 5.29. The minimum absolute atomic E-state index is 0.00941. The van der Waals surface area contributed by atoms with Gasteiger partial charge in [0.2, 0.25) is 11.8 Å². The molecular formula is C18H19N3O5S. The van der Waals surface area contributed by atoms with Gasteiger partial charge in [0.15, 0.2) is 5.69 Å². The van der Waals surface area contributed by atoms with Crippen LogP contribution in [0.4, 0.5) is 5.69 Å². The molecule has 2 amide bonds. The Morgan fingerprint density at radius 1 is 1.41 bits per heavy atom. The fourth-order valence-electron chi connectivity index (χ4n) is 2.93. The van der Waals surface area contributed by atoms with Crippen LogP contribution in [0.3, 0.4) is 0 Å². The van der Waals surface area contributed by atoms with Crippen molar-refractivity contribution in [2.75, 3.05) is 25.1 Å². The smallest absolute Gasteiger partial charge is 0.355 e. The lowest BCUT2D eigenvalue weighted by atomic mass is 10.1. The molecule has 0 saturated carbocycles. The van der Waals surface area contributed by atoms with Gasteiger partial charge >= 0.3 is 5.97 Å². The van der Waals surface area contributed by atoms with Gasteiger partial charge in [-0.15, -0.1) is 11.3 Å². The zero-order valence-electron chi connectivity index (χ0n) is 14.7. The highest BCUT2D eigenvalue weighted by molar-refractivity contribution is 7.09. The summed E-state index contributed by atoms with van der Waals surface area (Å²) in [7, 11) is 1.54. The number of rotatable bonds is 7. The molecule has 1 aliphatic heterocycles. The van der Waals surface area contributed by atoms with Crippen LogP contribution in [0.5, 0.6) is 5.75 Å². The highest BCUT2D eigenvalue weighted by Crippen LogP contribution is 2.32. The fraction of sp³-hybridized carbons (Fsp3) is 0.333. The minimum Gasteiger partial charge on any atom is -0.495 e. The van der Waals surface area contributed by atoms with Crippen LogP contribution in [0.15, 0.2) is 29.6 Å². The Hall–Kier alpha value is -2.94. The van der Waals surface area contributed by atoms with Gasteiger partial charge < -0.3 is 20.1 Å². The lowest BCUT2D eigenvalue weighted by Gasteiger charge is -2.19. The van der Waals surface area contributed by atoms with E-state index in [9.17, 15) is 14.4 Å². The molecule has 1 aromatic carbocycles. The van der Waals surface area contributed by atoms with Crippen molar-refractivity contribution in [2.24, 2.45) is 5.92 Å². The number of anilines is 1. The first kappa shape index (κ1) is 18.8. The van der Waals surface area contributed by atoms with Crippen LogP contribution < -0.4 is 15.0 Å². The number of aromatic nitrogens is 1. The number of carboxylic acids is 1. The van der Waals surface area contributed by atoms with Crippen LogP contribution in [0.2, 0.25) is 0 Å². The van der Waals surface area contributed by atoms with Gasteiger partial charge in [0, 0.05) is 31.3 Å². The van der Waals surface area contributed by atoms with Gasteiger partial charge in [0.25, 0.3) is 0 Å². The summed E-state index contributed by atoms with van der Waals surface area (Å²) in [5, 5.41) is 13.8. The topological polar surface area (TPSA) is 109 Å². The number of carboxylic acid groups (broad SMARTS) is 1. The first-order chi connectivity index (χ1) is 13.0. The number of nitrogens with zero attached hydrogens (tertiary/aromatic N) is 2. The number of ether oxygens (including phenoxy) is 1. The van der Waals surface area contributed by atoms with Crippen LogP contribution in [-0.2, 0) is 16.0 Å². The van der Waals surface area contributed by atoms with Crippen molar-refractivity contribution in [1.29, 1.82) is 0 Å². The quantitative estimate of drug-likeness (QED) is 0.744. The van der Waals surface area contributed by atoms with Crippen molar-refractivity contribution in [1.82, 2.24) is 10.3 Å². The van der Waals surface area contributed by atoms with Crippen molar-refractivity contribution >= 4 is 34.8 Å². The summed E-state index contributed by atoms with van der Waals surface area (Å²) in [5.41, 5.74) is 0.666. The molecule has 2 heterocycles. The van der Waals surface area contributed by atoms with E-state index in [4.69, 9.17) is 9.84 Å². The highest BCUT2D eigenvalue weighted by Gasteiger charge is 2.36. The van der Waals surface area contributed by atoms with Crippen LogP contribution in [0, 0.1) is 5.92 Å². The average Bonchev–Trinajstić information content (AvgIpc) is 3.28. The Morgan fingerprint density at radius 3 is 2.89 bits per heavy atom. The second kappa shape index (κ2) is 8.17. The monoisotopic (exact) mass is 389 g/mol. The van der Waals surface area contributed by atoms with Crippen LogP contribution >= 0.6 is 11.3 Å². The molecule has 0 radical (unpaired) electrons. The van der Waals surface area contributed by atoms with Crippen molar-refractivity contribution < 1.29 is 24.2 Å². The molecule has 0 spiro atoms. The van der Waals surface area contributed by atoms with E-state index in [2.05, 4.69) is 10.3 Å². The number of amides is 2. The molecule has 0 bridgehead atoms. The van der Waals surface area contributed by atoms with E-state index in [0.29, 0.717) is 36.0 Å². The van der Waals surface area contributed by atoms with Crippen LogP contribution in [0.25, 0.3) is 0 Å². The molecule has 8 nitrogen and oxygen atoms in total. The van der Waals surface area contributed by atoms with Gasteiger partial charge in [-0.2, -0.15) is 0 Å². The zero-order chi connectivity index (χ0) is 19.4. The molecule has 27 heavy (non-hydrogen) atoms. The molecule has 1 aliphatic rings. The number of hydrogen-bond acceptors (Lipinski definition) is 6. The number of methoxy groups -OCH3 is 1. The Kier molecular flexibility index (Phi) is 5.70. The molecule has 142 valence electrons. The molecule has 9 heteroatoms. The van der Waals surface area contributed by atoms with Crippen LogP contribution in [-0.4, -0.2) is 48.1 Å². The number of carbonyl (C=O) groups is 3. The van der Waals surface area contributed by atoms with Crippen molar-refractivity contribution in [3.8, 4) is 5.75 Å². The summed E-state index contributed by atoms with van der Waals surface area (Å²) >= 11 is 1.24. The molecule has 1 unspecified atom stereocenters. The van der Waals surface area contributed by atoms with Crippen molar-refractivity contribution in [3.63, 3.8) is 0 Å². The van der Waals surface area contributed by atoms with E-state index in [1.54, 1.807) is 17.0 Å². The van der Waals surface area contributed by atoms with Crippen molar-refractivity contribution in [2.45, 2.75) is 12.8 Å². The summed E-state index contributed by atoms with van der Waals surface area (Å²) in [6.45, 7) is 0.635. The second-order valence-electron chi connectivity index (χ2n) is 6.05. The van der Waals surface area contributed by atoms with E-state index in [-0.39, 0.29) is 23.9 Å². The third-order valence-electron chi connectivity index (χ3n) is 4.28. The average molecular weight is 389 g/mol. The molecule has 1 fully saturated rings. The number of nitrogens with one attached hydrogen (secondary N) is 1. The van der Waals surface area contributed by atoms with E-state index >= 15 is 0 Å². The molecule has 2 aromatic rings. The summed E-state index contributed by atoms with van der Waals surface area (Å²) in [6.07, 6.45) is 0.588. The maximum absolute atomic E-state index is 12.4. The molecular weight excluding hydrogens is 370 g/mol. The van der Waals surface area contributed by atoms with E-state index in [1.165, 1.54) is 23.8 Å². The van der Waals surface area contributed by atoms with Gasteiger partial charge in [0.05, 0.1) is 23.7 Å². The zero-order valence-corrected chi connectivity index (χ0v) is 15.5. The van der Waals surface area contributed by atoms with Gasteiger partial charge in [-0.3, -0.25) is 9.59 Å². The number of hydrogen-bond donors (Lipinski definition) is 2. The van der Waals surface area contributed by atoms with Gasteiger partial charge in [-0.1, -0.05) is 12.1 Å².